The van der Waals surface area contributed by atoms with E-state index >= 15 is 0 Å². The molecule has 0 aliphatic rings. The molecule has 5 heteroatoms. The molecular weight excluding hydrogens is 169 g/mol. The van der Waals surface area contributed by atoms with Gasteiger partial charge >= 0.3 is 7.12 Å². The van der Waals surface area contributed by atoms with Crippen LogP contribution in [0, 0.1) is 6.92 Å². The number of aryl methyl sites for hydroxylation is 1. The van der Waals surface area contributed by atoms with E-state index < -0.39 is 7.12 Å². The zero-order valence-corrected chi connectivity index (χ0v) is 7.06. The lowest BCUT2D eigenvalue weighted by Gasteiger charge is -1.96. The van der Waals surface area contributed by atoms with Gasteiger partial charge in [-0.25, -0.2) is 4.98 Å². The fraction of sp³-hybridized carbons (Fsp3) is 0.125. The highest BCUT2D eigenvalue weighted by Crippen LogP contribution is 2.12. The van der Waals surface area contributed by atoms with Crippen molar-refractivity contribution in [3.8, 4) is 0 Å². The van der Waals surface area contributed by atoms with Gasteiger partial charge in [0.05, 0.1) is 0 Å². The highest BCUT2D eigenvalue weighted by atomic mass is 16.4. The third kappa shape index (κ3) is 1.43. The minimum atomic E-state index is -1.46. The molecule has 0 aliphatic heterocycles. The molecule has 0 fully saturated rings. The lowest BCUT2D eigenvalue weighted by Crippen LogP contribution is -2.29. The van der Waals surface area contributed by atoms with Crippen LogP contribution in [0.4, 0.5) is 0 Å². The molecule has 0 amide bonds. The highest BCUT2D eigenvalue weighted by molar-refractivity contribution is 6.58. The van der Waals surface area contributed by atoms with Gasteiger partial charge < -0.3 is 14.5 Å². The summed E-state index contributed by atoms with van der Waals surface area (Å²) >= 11 is 0. The summed E-state index contributed by atoms with van der Waals surface area (Å²) in [5.74, 6) is 0.569. The Balaban J connectivity index is 2.61. The Hall–Kier alpha value is -1.33. The highest BCUT2D eigenvalue weighted by Gasteiger charge is 2.12. The van der Waals surface area contributed by atoms with Crippen molar-refractivity contribution in [3.63, 3.8) is 0 Å². The summed E-state index contributed by atoms with van der Waals surface area (Å²) in [6.07, 6.45) is 0. The summed E-state index contributed by atoms with van der Waals surface area (Å²) in [6, 6.07) is 4.87. The second kappa shape index (κ2) is 2.87. The summed E-state index contributed by atoms with van der Waals surface area (Å²) in [4.78, 5) is 4.08. The van der Waals surface area contributed by atoms with Crippen LogP contribution in [0.25, 0.3) is 11.1 Å². The average Bonchev–Trinajstić information content (AvgIpc) is 2.42. The van der Waals surface area contributed by atoms with Crippen molar-refractivity contribution in [2.45, 2.75) is 6.92 Å². The van der Waals surface area contributed by atoms with Crippen LogP contribution in [0.1, 0.15) is 5.89 Å². The van der Waals surface area contributed by atoms with Crippen LogP contribution in [0.5, 0.6) is 0 Å². The van der Waals surface area contributed by atoms with Crippen molar-refractivity contribution in [2.24, 2.45) is 0 Å². The summed E-state index contributed by atoms with van der Waals surface area (Å²) in [7, 11) is -1.46. The van der Waals surface area contributed by atoms with Gasteiger partial charge in [0, 0.05) is 6.92 Å². The number of rotatable bonds is 1. The first kappa shape index (κ1) is 8.28. The average molecular weight is 177 g/mol. The van der Waals surface area contributed by atoms with Gasteiger partial charge in [-0.2, -0.15) is 0 Å². The Morgan fingerprint density at radius 1 is 1.38 bits per heavy atom. The van der Waals surface area contributed by atoms with Gasteiger partial charge in [0.2, 0.25) is 0 Å². The minimum Gasteiger partial charge on any atom is -0.441 e. The molecule has 0 unspecified atom stereocenters. The van der Waals surface area contributed by atoms with Crippen LogP contribution < -0.4 is 5.46 Å². The van der Waals surface area contributed by atoms with Gasteiger partial charge in [-0.3, -0.25) is 0 Å². The largest absolute Gasteiger partial charge is 0.488 e. The smallest absolute Gasteiger partial charge is 0.441 e. The van der Waals surface area contributed by atoms with E-state index in [1.54, 1.807) is 25.1 Å². The molecular formula is C8H8BNO3. The van der Waals surface area contributed by atoms with E-state index in [1.807, 2.05) is 0 Å². The van der Waals surface area contributed by atoms with Gasteiger partial charge in [0.15, 0.2) is 11.5 Å². The van der Waals surface area contributed by atoms with Crippen molar-refractivity contribution in [2.75, 3.05) is 0 Å². The van der Waals surface area contributed by atoms with Crippen molar-refractivity contribution in [3.05, 3.63) is 24.1 Å². The number of fused-ring (bicyclic) bond motifs is 1. The van der Waals surface area contributed by atoms with Gasteiger partial charge in [-0.15, -0.1) is 0 Å². The van der Waals surface area contributed by atoms with Crippen LogP contribution in [-0.4, -0.2) is 22.2 Å². The molecule has 0 spiro atoms. The van der Waals surface area contributed by atoms with Crippen LogP contribution in [-0.2, 0) is 0 Å². The number of hydrogen-bond donors (Lipinski definition) is 2. The van der Waals surface area contributed by atoms with Crippen LogP contribution >= 0.6 is 0 Å². The first-order valence-corrected chi connectivity index (χ1v) is 3.90. The van der Waals surface area contributed by atoms with Crippen molar-refractivity contribution < 1.29 is 14.5 Å². The van der Waals surface area contributed by atoms with Gasteiger partial charge in [0.1, 0.15) is 5.52 Å². The standard InChI is InChI=1S/C8H8BNO3/c1-5-10-7-3-2-6(9(11)12)4-8(7)13-5/h2-4,11-12H,1H3. The second-order valence-corrected chi connectivity index (χ2v) is 2.83. The van der Waals surface area contributed by atoms with E-state index in [9.17, 15) is 0 Å². The molecule has 0 bridgehead atoms. The predicted octanol–water partition coefficient (Wildman–Crippen LogP) is -0.184. The van der Waals surface area contributed by atoms with E-state index in [2.05, 4.69) is 4.98 Å². The van der Waals surface area contributed by atoms with Gasteiger partial charge in [0.25, 0.3) is 0 Å². The molecule has 0 radical (unpaired) electrons. The fourth-order valence-electron chi connectivity index (χ4n) is 1.22. The second-order valence-electron chi connectivity index (χ2n) is 2.83. The zero-order chi connectivity index (χ0) is 9.42. The Labute approximate surface area is 75.0 Å². The summed E-state index contributed by atoms with van der Waals surface area (Å²) in [5.41, 5.74) is 1.70. The maximum absolute atomic E-state index is 8.88. The third-order valence-electron chi connectivity index (χ3n) is 1.82. The molecule has 0 atom stereocenters. The SMILES string of the molecule is Cc1nc2ccc(B(O)O)cc2o1. The Kier molecular flexibility index (Phi) is 1.83. The molecule has 0 saturated heterocycles. The van der Waals surface area contributed by atoms with Crippen molar-refractivity contribution in [1.29, 1.82) is 0 Å². The van der Waals surface area contributed by atoms with E-state index in [-0.39, 0.29) is 0 Å². The Bertz CT molecular complexity index is 438. The monoisotopic (exact) mass is 177 g/mol. The number of hydrogen-bond acceptors (Lipinski definition) is 4. The number of oxazole rings is 1. The number of nitrogens with zero attached hydrogens (tertiary/aromatic N) is 1. The summed E-state index contributed by atoms with van der Waals surface area (Å²) < 4.78 is 5.23. The molecule has 2 aromatic rings. The third-order valence-corrected chi connectivity index (χ3v) is 1.82. The molecule has 0 aliphatic carbocycles. The first-order chi connectivity index (χ1) is 6.16. The van der Waals surface area contributed by atoms with Crippen LogP contribution in [0.3, 0.4) is 0 Å². The van der Waals surface area contributed by atoms with Crippen LogP contribution in [0.2, 0.25) is 0 Å². The topological polar surface area (TPSA) is 66.5 Å². The summed E-state index contributed by atoms with van der Waals surface area (Å²) in [5, 5.41) is 17.8. The Morgan fingerprint density at radius 2 is 2.15 bits per heavy atom. The minimum absolute atomic E-state index is 0.406. The normalized spacial score (nSPS) is 10.7. The van der Waals surface area contributed by atoms with Crippen LogP contribution in [0.15, 0.2) is 22.6 Å². The van der Waals surface area contributed by atoms with E-state index in [4.69, 9.17) is 14.5 Å². The van der Waals surface area contributed by atoms with Gasteiger partial charge in [-0.1, -0.05) is 6.07 Å². The van der Waals surface area contributed by atoms with E-state index in [0.717, 1.165) is 5.52 Å². The molecule has 2 rings (SSSR count). The first-order valence-electron chi connectivity index (χ1n) is 3.90. The van der Waals surface area contributed by atoms with E-state index in [1.165, 1.54) is 0 Å². The maximum atomic E-state index is 8.88. The predicted molar refractivity (Wildman–Crippen MR) is 48.6 cm³/mol. The lowest BCUT2D eigenvalue weighted by molar-refractivity contribution is 0.425. The van der Waals surface area contributed by atoms with Crippen molar-refractivity contribution in [1.82, 2.24) is 4.98 Å². The molecule has 0 saturated carbocycles. The number of benzene rings is 1. The zero-order valence-electron chi connectivity index (χ0n) is 7.06. The quantitative estimate of drug-likeness (QED) is 0.592. The summed E-state index contributed by atoms with van der Waals surface area (Å²) in [6.45, 7) is 1.75. The molecule has 2 N–H and O–H groups in total. The fourth-order valence-corrected chi connectivity index (χ4v) is 1.22. The van der Waals surface area contributed by atoms with E-state index in [0.29, 0.717) is 16.9 Å². The van der Waals surface area contributed by atoms with Gasteiger partial charge in [-0.05, 0) is 17.6 Å². The molecule has 4 nitrogen and oxygen atoms in total. The lowest BCUT2D eigenvalue weighted by atomic mass is 9.80. The molecule has 1 heterocycles. The Morgan fingerprint density at radius 3 is 2.85 bits per heavy atom. The molecule has 1 aromatic carbocycles. The molecule has 1 aromatic heterocycles. The van der Waals surface area contributed by atoms with Crippen molar-refractivity contribution >= 4 is 23.7 Å². The maximum Gasteiger partial charge on any atom is 0.488 e. The molecule has 13 heavy (non-hydrogen) atoms. The molecule has 66 valence electrons. The number of aromatic nitrogens is 1.